The average molecular weight is 336 g/mol. The van der Waals surface area contributed by atoms with Gasteiger partial charge in [0.2, 0.25) is 17.7 Å². The molecule has 1 unspecified atom stereocenters. The Bertz CT molecular complexity index is 373. The van der Waals surface area contributed by atoms with Gasteiger partial charge in [0.05, 0.1) is 0 Å². The molecule has 2 aliphatic heterocycles. The molecule has 0 aromatic carbocycles. The first-order valence-electron chi connectivity index (χ1n) is 7.08. The zero-order valence-electron chi connectivity index (χ0n) is 11.9. The van der Waals surface area contributed by atoms with Gasteiger partial charge < -0.3 is 10.6 Å². The number of amides is 3. The van der Waals surface area contributed by atoms with Crippen molar-refractivity contribution in [2.24, 2.45) is 0 Å². The van der Waals surface area contributed by atoms with Crippen LogP contribution in [0.25, 0.3) is 0 Å². The second-order valence-corrected chi connectivity index (χ2v) is 6.22. The van der Waals surface area contributed by atoms with Gasteiger partial charge in [-0.3, -0.25) is 19.3 Å². The zero-order valence-corrected chi connectivity index (χ0v) is 13.6. The van der Waals surface area contributed by atoms with Crippen molar-refractivity contribution in [3.8, 4) is 0 Å². The second-order valence-electron chi connectivity index (χ2n) is 5.07. The molecule has 8 heteroatoms. The van der Waals surface area contributed by atoms with Gasteiger partial charge in [0.1, 0.15) is 0 Å². The highest BCUT2D eigenvalue weighted by molar-refractivity contribution is 7.99. The molecule has 0 radical (unpaired) electrons. The number of likely N-dealkylation sites (tertiary alicyclic amines) is 1. The molecule has 0 aromatic rings. The summed E-state index contributed by atoms with van der Waals surface area (Å²) in [4.78, 5) is 35.8. The van der Waals surface area contributed by atoms with Crippen molar-refractivity contribution in [2.75, 3.05) is 31.1 Å². The lowest BCUT2D eigenvalue weighted by atomic mass is 10.2. The summed E-state index contributed by atoms with van der Waals surface area (Å²) >= 11 is 1.87. The molecule has 2 saturated heterocycles. The summed E-state index contributed by atoms with van der Waals surface area (Å²) in [6.07, 6.45) is 1.77. The van der Waals surface area contributed by atoms with Crippen LogP contribution in [0, 0.1) is 0 Å². The minimum Gasteiger partial charge on any atom is -0.356 e. The van der Waals surface area contributed by atoms with Crippen LogP contribution in [0.2, 0.25) is 0 Å². The molecule has 0 saturated carbocycles. The van der Waals surface area contributed by atoms with Crippen molar-refractivity contribution in [3.05, 3.63) is 0 Å². The fraction of sp³-hybridized carbons (Fsp3) is 0.769. The summed E-state index contributed by atoms with van der Waals surface area (Å²) < 4.78 is 0. The second kappa shape index (κ2) is 9.27. The van der Waals surface area contributed by atoms with E-state index in [0.29, 0.717) is 38.8 Å². The first-order valence-corrected chi connectivity index (χ1v) is 8.23. The predicted octanol–water partition coefficient (Wildman–Crippen LogP) is 0.159. The van der Waals surface area contributed by atoms with Crippen LogP contribution in [0.4, 0.5) is 0 Å². The monoisotopic (exact) mass is 335 g/mol. The fourth-order valence-electron chi connectivity index (χ4n) is 2.38. The van der Waals surface area contributed by atoms with Crippen LogP contribution in [0.1, 0.15) is 25.7 Å². The first kappa shape index (κ1) is 18.3. The van der Waals surface area contributed by atoms with Gasteiger partial charge in [0, 0.05) is 56.4 Å². The van der Waals surface area contributed by atoms with Gasteiger partial charge in [-0.1, -0.05) is 0 Å². The Balaban J connectivity index is 0.00000220. The number of hydrogen-bond donors (Lipinski definition) is 2. The molecule has 0 aromatic heterocycles. The lowest BCUT2D eigenvalue weighted by Gasteiger charge is -2.22. The highest BCUT2D eigenvalue weighted by Crippen LogP contribution is 2.12. The van der Waals surface area contributed by atoms with Crippen molar-refractivity contribution in [3.63, 3.8) is 0 Å². The topological polar surface area (TPSA) is 78.5 Å². The van der Waals surface area contributed by atoms with E-state index in [-0.39, 0.29) is 36.2 Å². The summed E-state index contributed by atoms with van der Waals surface area (Å²) in [5.41, 5.74) is 0. The number of nitrogens with zero attached hydrogens (tertiary/aromatic N) is 1. The third-order valence-corrected chi connectivity index (χ3v) is 4.60. The molecule has 2 aliphatic rings. The molecule has 2 heterocycles. The maximum atomic E-state index is 11.7. The summed E-state index contributed by atoms with van der Waals surface area (Å²) in [7, 11) is 0. The SMILES string of the molecule is Cl.O=C(CC1CSCCN1)NCCCN1C(=O)CCC1=O. The van der Waals surface area contributed by atoms with Crippen molar-refractivity contribution in [1.82, 2.24) is 15.5 Å². The number of nitrogens with one attached hydrogen (secondary N) is 2. The molecule has 2 N–H and O–H groups in total. The van der Waals surface area contributed by atoms with E-state index in [1.54, 1.807) is 0 Å². The third kappa shape index (κ3) is 5.84. The van der Waals surface area contributed by atoms with Crippen LogP contribution in [-0.4, -0.2) is 59.8 Å². The van der Waals surface area contributed by atoms with Crippen LogP contribution in [-0.2, 0) is 14.4 Å². The van der Waals surface area contributed by atoms with E-state index >= 15 is 0 Å². The first-order chi connectivity index (χ1) is 9.66. The molecule has 0 aliphatic carbocycles. The molecule has 3 amide bonds. The van der Waals surface area contributed by atoms with Gasteiger partial charge >= 0.3 is 0 Å². The lowest BCUT2D eigenvalue weighted by Crippen LogP contribution is -2.41. The Morgan fingerprint density at radius 3 is 2.67 bits per heavy atom. The molecule has 2 rings (SSSR count). The number of thioether (sulfide) groups is 1. The Hall–Kier alpha value is -0.790. The van der Waals surface area contributed by atoms with Crippen molar-refractivity contribution in [2.45, 2.75) is 31.7 Å². The largest absolute Gasteiger partial charge is 0.356 e. The van der Waals surface area contributed by atoms with Gasteiger partial charge in [0.25, 0.3) is 0 Å². The highest BCUT2D eigenvalue weighted by Gasteiger charge is 2.27. The highest BCUT2D eigenvalue weighted by atomic mass is 35.5. The lowest BCUT2D eigenvalue weighted by molar-refractivity contribution is -0.138. The maximum absolute atomic E-state index is 11.7. The summed E-state index contributed by atoms with van der Waals surface area (Å²) in [6.45, 7) is 1.88. The molecular formula is C13H22ClN3O3S. The van der Waals surface area contributed by atoms with E-state index in [9.17, 15) is 14.4 Å². The summed E-state index contributed by atoms with van der Waals surface area (Å²) in [6, 6.07) is 0.260. The molecule has 21 heavy (non-hydrogen) atoms. The number of carbonyl (C=O) groups is 3. The zero-order chi connectivity index (χ0) is 14.4. The van der Waals surface area contributed by atoms with Crippen LogP contribution in [0.5, 0.6) is 0 Å². The Morgan fingerprint density at radius 2 is 2.05 bits per heavy atom. The van der Waals surface area contributed by atoms with E-state index in [1.807, 2.05) is 11.8 Å². The molecule has 6 nitrogen and oxygen atoms in total. The minimum absolute atomic E-state index is 0. The van der Waals surface area contributed by atoms with E-state index in [0.717, 1.165) is 18.1 Å². The van der Waals surface area contributed by atoms with Gasteiger partial charge in [-0.25, -0.2) is 0 Å². The number of hydrogen-bond acceptors (Lipinski definition) is 5. The average Bonchev–Trinajstić information content (AvgIpc) is 2.76. The third-order valence-electron chi connectivity index (χ3n) is 3.47. The summed E-state index contributed by atoms with van der Waals surface area (Å²) in [5.74, 6) is 1.93. The van der Waals surface area contributed by atoms with E-state index in [2.05, 4.69) is 10.6 Å². The van der Waals surface area contributed by atoms with Gasteiger partial charge in [-0.15, -0.1) is 12.4 Å². The maximum Gasteiger partial charge on any atom is 0.229 e. The van der Waals surface area contributed by atoms with Crippen LogP contribution in [0.3, 0.4) is 0 Å². The van der Waals surface area contributed by atoms with E-state index in [1.165, 1.54) is 4.90 Å². The number of halogens is 1. The molecule has 0 bridgehead atoms. The van der Waals surface area contributed by atoms with Gasteiger partial charge in [-0.05, 0) is 6.42 Å². The smallest absolute Gasteiger partial charge is 0.229 e. The van der Waals surface area contributed by atoms with Crippen molar-refractivity contribution in [1.29, 1.82) is 0 Å². The Labute approximate surface area is 135 Å². The standard InChI is InChI=1S/C13H21N3O3S.ClH/c17-11(8-10-9-20-7-5-14-10)15-4-1-6-16-12(18)2-3-13(16)19;/h10,14H,1-9H2,(H,15,17);1H. The quantitative estimate of drug-likeness (QED) is 0.534. The molecule has 0 spiro atoms. The van der Waals surface area contributed by atoms with E-state index in [4.69, 9.17) is 0 Å². The number of imide groups is 1. The van der Waals surface area contributed by atoms with Crippen LogP contribution in [0.15, 0.2) is 0 Å². The molecule has 1 atom stereocenters. The molecule has 2 fully saturated rings. The molecular weight excluding hydrogens is 314 g/mol. The fourth-order valence-corrected chi connectivity index (χ4v) is 3.33. The number of rotatable bonds is 6. The number of carbonyl (C=O) groups excluding carboxylic acids is 3. The minimum atomic E-state index is -0.0928. The van der Waals surface area contributed by atoms with Crippen molar-refractivity contribution < 1.29 is 14.4 Å². The van der Waals surface area contributed by atoms with Crippen molar-refractivity contribution >= 4 is 41.9 Å². The predicted molar refractivity (Wildman–Crippen MR) is 84.6 cm³/mol. The van der Waals surface area contributed by atoms with Crippen LogP contribution < -0.4 is 10.6 Å². The van der Waals surface area contributed by atoms with Gasteiger partial charge in [0.15, 0.2) is 0 Å². The normalized spacial score (nSPS) is 22.1. The van der Waals surface area contributed by atoms with Crippen LogP contribution >= 0.6 is 24.2 Å². The van der Waals surface area contributed by atoms with E-state index < -0.39 is 0 Å². The Morgan fingerprint density at radius 1 is 1.33 bits per heavy atom. The summed E-state index contributed by atoms with van der Waals surface area (Å²) in [5, 5.41) is 6.16. The van der Waals surface area contributed by atoms with Gasteiger partial charge in [-0.2, -0.15) is 11.8 Å². The Kier molecular flexibility index (Phi) is 8.06. The molecule has 120 valence electrons.